The summed E-state index contributed by atoms with van der Waals surface area (Å²) in [5.74, 6) is -0.160. The first kappa shape index (κ1) is 17.2. The normalized spacial score (nSPS) is 21.9. The molecule has 0 amide bonds. The fourth-order valence-electron chi connectivity index (χ4n) is 4.53. The van der Waals surface area contributed by atoms with Crippen LogP contribution in [0.15, 0.2) is 48.5 Å². The molecule has 2 aromatic carbocycles. The Hall–Kier alpha value is -1.67. The zero-order chi connectivity index (χ0) is 17.4. The fraction of sp³-hybridized carbons (Fsp3) is 0.455. The molecule has 2 heteroatoms. The molecule has 0 aromatic heterocycles. The molecule has 0 saturated heterocycles. The van der Waals surface area contributed by atoms with Crippen LogP contribution in [0.2, 0.25) is 0 Å². The van der Waals surface area contributed by atoms with Crippen molar-refractivity contribution >= 4 is 0 Å². The van der Waals surface area contributed by atoms with Crippen LogP contribution >= 0.6 is 0 Å². The average Bonchev–Trinajstić information content (AvgIpc) is 2.77. The van der Waals surface area contributed by atoms with Crippen LogP contribution in [0.3, 0.4) is 0 Å². The summed E-state index contributed by atoms with van der Waals surface area (Å²) >= 11 is 0. The first-order valence-corrected chi connectivity index (χ1v) is 8.86. The molecule has 1 atom stereocenters. The van der Waals surface area contributed by atoms with Gasteiger partial charge in [-0.2, -0.15) is 0 Å². The Labute approximate surface area is 145 Å². The third-order valence-corrected chi connectivity index (χ3v) is 5.52. The van der Waals surface area contributed by atoms with Crippen molar-refractivity contribution in [2.24, 2.45) is 0 Å². The highest BCUT2D eigenvalue weighted by atomic mass is 19.1. The van der Waals surface area contributed by atoms with E-state index in [0.29, 0.717) is 0 Å². The lowest BCUT2D eigenvalue weighted by Gasteiger charge is -2.33. The minimum absolute atomic E-state index is 0.0101. The molecule has 1 nitrogen and oxygen atoms in total. The summed E-state index contributed by atoms with van der Waals surface area (Å²) in [6.07, 6.45) is 3.31. The van der Waals surface area contributed by atoms with E-state index < -0.39 is 0 Å². The van der Waals surface area contributed by atoms with Crippen LogP contribution in [0.25, 0.3) is 0 Å². The van der Waals surface area contributed by atoms with Gasteiger partial charge in [-0.15, -0.1) is 0 Å². The van der Waals surface area contributed by atoms with Crippen LogP contribution in [0.5, 0.6) is 0 Å². The Balaban J connectivity index is 2.08. The molecule has 0 heterocycles. The van der Waals surface area contributed by atoms with Crippen molar-refractivity contribution in [3.05, 3.63) is 71.0 Å². The maximum Gasteiger partial charge on any atom is 0.123 e. The number of rotatable bonds is 5. The molecule has 0 spiro atoms. The minimum atomic E-state index is -0.160. The number of hydrogen-bond acceptors (Lipinski definition) is 1. The summed E-state index contributed by atoms with van der Waals surface area (Å²) in [6.45, 7) is 5.75. The average molecular weight is 325 g/mol. The Morgan fingerprint density at radius 3 is 2.21 bits per heavy atom. The van der Waals surface area contributed by atoms with Crippen molar-refractivity contribution in [3.63, 3.8) is 0 Å². The number of nitrogens with zero attached hydrogens (tertiary/aromatic N) is 1. The molecule has 24 heavy (non-hydrogen) atoms. The van der Waals surface area contributed by atoms with Gasteiger partial charge in [-0.25, -0.2) is 4.39 Å². The molecule has 1 aliphatic rings. The van der Waals surface area contributed by atoms with E-state index in [1.54, 1.807) is 12.1 Å². The van der Waals surface area contributed by atoms with E-state index >= 15 is 0 Å². The van der Waals surface area contributed by atoms with Crippen LogP contribution in [0.4, 0.5) is 4.39 Å². The van der Waals surface area contributed by atoms with Gasteiger partial charge in [0, 0.05) is 5.41 Å². The highest BCUT2D eigenvalue weighted by molar-refractivity contribution is 5.52. The van der Waals surface area contributed by atoms with Gasteiger partial charge in [0.25, 0.3) is 0 Å². The second-order valence-electron chi connectivity index (χ2n) is 8.10. The third kappa shape index (κ3) is 3.00. The van der Waals surface area contributed by atoms with Gasteiger partial charge in [0.1, 0.15) is 5.82 Å². The molecule has 0 N–H and O–H groups in total. The van der Waals surface area contributed by atoms with Crippen LogP contribution in [-0.2, 0) is 10.8 Å². The van der Waals surface area contributed by atoms with Crippen molar-refractivity contribution in [1.29, 1.82) is 0 Å². The number of fused-ring (bicyclic) bond motifs is 1. The van der Waals surface area contributed by atoms with Crippen molar-refractivity contribution in [1.82, 2.24) is 4.90 Å². The van der Waals surface area contributed by atoms with Gasteiger partial charge in [-0.05, 0) is 74.1 Å². The van der Waals surface area contributed by atoms with Crippen LogP contribution in [-0.4, -0.2) is 25.5 Å². The topological polar surface area (TPSA) is 3.24 Å². The van der Waals surface area contributed by atoms with Gasteiger partial charge in [0.2, 0.25) is 0 Å². The number of halogens is 1. The maximum absolute atomic E-state index is 13.5. The van der Waals surface area contributed by atoms with Crippen LogP contribution in [0, 0.1) is 5.82 Å². The second-order valence-corrected chi connectivity index (χ2v) is 8.10. The Morgan fingerprint density at radius 1 is 0.958 bits per heavy atom. The molecular weight excluding hydrogens is 297 g/mol. The fourth-order valence-corrected chi connectivity index (χ4v) is 4.53. The van der Waals surface area contributed by atoms with E-state index in [2.05, 4.69) is 57.1 Å². The standard InChI is InChI=1S/C22H28FN/c1-21(2)16-22(14-7-15-24(3)4,17-10-12-18(23)13-11-17)20-9-6-5-8-19(20)21/h5-6,8-13H,7,14-16H2,1-4H3. The first-order valence-electron chi connectivity index (χ1n) is 8.86. The molecule has 0 radical (unpaired) electrons. The summed E-state index contributed by atoms with van der Waals surface area (Å²) < 4.78 is 13.5. The Kier molecular flexibility index (Phi) is 4.52. The van der Waals surface area contributed by atoms with Crippen molar-refractivity contribution < 1.29 is 4.39 Å². The van der Waals surface area contributed by atoms with Crippen molar-refractivity contribution in [2.45, 2.75) is 43.9 Å². The summed E-state index contributed by atoms with van der Waals surface area (Å²) in [4.78, 5) is 2.24. The van der Waals surface area contributed by atoms with Gasteiger partial charge in [-0.1, -0.05) is 50.2 Å². The van der Waals surface area contributed by atoms with Gasteiger partial charge in [0.05, 0.1) is 0 Å². The lowest BCUT2D eigenvalue weighted by molar-refractivity contribution is 0.333. The van der Waals surface area contributed by atoms with Gasteiger partial charge in [-0.3, -0.25) is 0 Å². The quantitative estimate of drug-likeness (QED) is 0.736. The molecule has 3 rings (SSSR count). The SMILES string of the molecule is CN(C)CCCC1(c2ccc(F)cc2)CC(C)(C)c2ccccc21. The highest BCUT2D eigenvalue weighted by Crippen LogP contribution is 2.55. The Morgan fingerprint density at radius 2 is 1.58 bits per heavy atom. The van der Waals surface area contributed by atoms with E-state index in [1.165, 1.54) is 16.7 Å². The van der Waals surface area contributed by atoms with E-state index in [4.69, 9.17) is 0 Å². The van der Waals surface area contributed by atoms with Gasteiger partial charge in [0.15, 0.2) is 0 Å². The monoisotopic (exact) mass is 325 g/mol. The summed E-state index contributed by atoms with van der Waals surface area (Å²) in [6, 6.07) is 16.0. The largest absolute Gasteiger partial charge is 0.309 e. The smallest absolute Gasteiger partial charge is 0.123 e. The highest BCUT2D eigenvalue weighted by Gasteiger charge is 2.47. The molecule has 128 valence electrons. The van der Waals surface area contributed by atoms with Crippen molar-refractivity contribution in [2.75, 3.05) is 20.6 Å². The maximum atomic E-state index is 13.5. The second kappa shape index (κ2) is 6.33. The van der Waals surface area contributed by atoms with E-state index in [0.717, 1.165) is 25.8 Å². The lowest BCUT2D eigenvalue weighted by Crippen LogP contribution is -2.29. The van der Waals surface area contributed by atoms with E-state index in [1.807, 2.05) is 12.1 Å². The third-order valence-electron chi connectivity index (χ3n) is 5.52. The molecule has 0 fully saturated rings. The van der Waals surface area contributed by atoms with Crippen molar-refractivity contribution in [3.8, 4) is 0 Å². The van der Waals surface area contributed by atoms with Crippen LogP contribution in [0.1, 0.15) is 49.8 Å². The van der Waals surface area contributed by atoms with Gasteiger partial charge >= 0.3 is 0 Å². The zero-order valence-electron chi connectivity index (χ0n) is 15.3. The molecule has 0 bridgehead atoms. The van der Waals surface area contributed by atoms with E-state index in [9.17, 15) is 4.39 Å². The molecular formula is C22H28FN. The van der Waals surface area contributed by atoms with E-state index in [-0.39, 0.29) is 16.6 Å². The summed E-state index contributed by atoms with van der Waals surface area (Å²) in [7, 11) is 4.24. The summed E-state index contributed by atoms with van der Waals surface area (Å²) in [5, 5.41) is 0. The molecule has 0 saturated carbocycles. The molecule has 2 aromatic rings. The summed E-state index contributed by atoms with van der Waals surface area (Å²) in [5.41, 5.74) is 4.26. The minimum Gasteiger partial charge on any atom is -0.309 e. The first-order chi connectivity index (χ1) is 11.3. The molecule has 1 aliphatic carbocycles. The Bertz CT molecular complexity index is 702. The predicted molar refractivity (Wildman–Crippen MR) is 99.1 cm³/mol. The zero-order valence-corrected chi connectivity index (χ0v) is 15.3. The molecule has 1 unspecified atom stereocenters. The lowest BCUT2D eigenvalue weighted by atomic mass is 9.70. The van der Waals surface area contributed by atoms with Crippen LogP contribution < -0.4 is 0 Å². The molecule has 0 aliphatic heterocycles. The number of hydrogen-bond donors (Lipinski definition) is 0. The van der Waals surface area contributed by atoms with Gasteiger partial charge < -0.3 is 4.90 Å². The predicted octanol–water partition coefficient (Wildman–Crippen LogP) is 5.13. The number of benzene rings is 2.